The molecule has 8 nitrogen and oxygen atoms in total. The van der Waals surface area contributed by atoms with E-state index in [1.807, 2.05) is 0 Å². The fourth-order valence-electron chi connectivity index (χ4n) is 1.73. The van der Waals surface area contributed by atoms with E-state index in [-0.39, 0.29) is 23.2 Å². The Morgan fingerprint density at radius 1 is 1.55 bits per heavy atom. The molecule has 1 aromatic heterocycles. The van der Waals surface area contributed by atoms with Crippen molar-refractivity contribution in [2.24, 2.45) is 0 Å². The highest BCUT2D eigenvalue weighted by Gasteiger charge is 2.20. The predicted octanol–water partition coefficient (Wildman–Crippen LogP) is 1.35. The van der Waals surface area contributed by atoms with E-state index in [0.717, 1.165) is 0 Å². The van der Waals surface area contributed by atoms with E-state index in [2.05, 4.69) is 15.0 Å². The summed E-state index contributed by atoms with van der Waals surface area (Å²) < 4.78 is 4.52. The van der Waals surface area contributed by atoms with Gasteiger partial charge in [0.25, 0.3) is 0 Å². The Morgan fingerprint density at radius 3 is 2.70 bits per heavy atom. The Morgan fingerprint density at radius 2 is 2.20 bits per heavy atom. The Labute approximate surface area is 115 Å². The third kappa shape index (κ3) is 4.16. The van der Waals surface area contributed by atoms with Crippen LogP contribution in [0.5, 0.6) is 0 Å². The second-order valence-corrected chi connectivity index (χ2v) is 4.44. The summed E-state index contributed by atoms with van der Waals surface area (Å²) in [5.74, 6) is -0.697. The van der Waals surface area contributed by atoms with E-state index in [1.165, 1.54) is 19.2 Å². The number of nitro groups is 1. The fourth-order valence-corrected chi connectivity index (χ4v) is 1.73. The zero-order valence-corrected chi connectivity index (χ0v) is 11.5. The molecule has 2 atom stereocenters. The molecule has 2 unspecified atom stereocenters. The van der Waals surface area contributed by atoms with Crippen LogP contribution >= 0.6 is 0 Å². The van der Waals surface area contributed by atoms with Crippen molar-refractivity contribution in [2.45, 2.75) is 32.4 Å². The number of esters is 1. The summed E-state index contributed by atoms with van der Waals surface area (Å²) in [6, 6.07) is 2.18. The monoisotopic (exact) mass is 283 g/mol. The zero-order valence-electron chi connectivity index (χ0n) is 11.5. The van der Waals surface area contributed by atoms with Crippen LogP contribution in [-0.2, 0) is 4.74 Å². The maximum atomic E-state index is 11.4. The predicted molar refractivity (Wildman–Crippen MR) is 71.6 cm³/mol. The number of ether oxygens (including phenoxy) is 1. The second kappa shape index (κ2) is 6.80. The Balaban J connectivity index is 3.06. The number of hydrogen-bond acceptors (Lipinski definition) is 7. The number of pyridine rings is 1. The van der Waals surface area contributed by atoms with Gasteiger partial charge < -0.3 is 15.2 Å². The lowest BCUT2D eigenvalue weighted by atomic mass is 10.1. The number of hydrogen-bond donors (Lipinski definition) is 2. The number of aliphatic hydroxyl groups is 1. The number of aliphatic hydroxyl groups excluding tert-OH is 1. The molecule has 0 fully saturated rings. The van der Waals surface area contributed by atoms with Crippen molar-refractivity contribution in [3.63, 3.8) is 0 Å². The van der Waals surface area contributed by atoms with Gasteiger partial charge in [0.05, 0.1) is 18.1 Å². The molecule has 1 rings (SSSR count). The average Bonchev–Trinajstić information content (AvgIpc) is 2.36. The van der Waals surface area contributed by atoms with Crippen molar-refractivity contribution >= 4 is 17.5 Å². The van der Waals surface area contributed by atoms with Gasteiger partial charge in [-0.25, -0.2) is 9.78 Å². The smallest absolute Gasteiger partial charge is 0.356 e. The van der Waals surface area contributed by atoms with E-state index in [9.17, 15) is 20.0 Å². The summed E-state index contributed by atoms with van der Waals surface area (Å²) in [6.45, 7) is 3.37. The zero-order chi connectivity index (χ0) is 15.3. The Bertz CT molecular complexity index is 504. The van der Waals surface area contributed by atoms with Crippen molar-refractivity contribution in [3.8, 4) is 0 Å². The van der Waals surface area contributed by atoms with Gasteiger partial charge in [-0.05, 0) is 26.3 Å². The van der Waals surface area contributed by atoms with Crippen molar-refractivity contribution < 1.29 is 19.6 Å². The standard InChI is InChI=1S/C12H17N3O5/c1-7(6-8(2)16)13-11-10(15(18)19)5-4-9(14-11)12(17)20-3/h4-5,7-8,16H,6H2,1-3H3,(H,13,14). The van der Waals surface area contributed by atoms with Crippen LogP contribution in [0, 0.1) is 10.1 Å². The first kappa shape index (κ1) is 15.8. The maximum Gasteiger partial charge on any atom is 0.356 e. The normalized spacial score (nSPS) is 13.4. The molecule has 8 heteroatoms. The molecule has 0 aliphatic rings. The second-order valence-electron chi connectivity index (χ2n) is 4.44. The first-order chi connectivity index (χ1) is 9.35. The lowest BCUT2D eigenvalue weighted by Gasteiger charge is -2.16. The van der Waals surface area contributed by atoms with Gasteiger partial charge in [0, 0.05) is 12.1 Å². The molecule has 1 heterocycles. The summed E-state index contributed by atoms with van der Waals surface area (Å²) in [7, 11) is 1.20. The summed E-state index contributed by atoms with van der Waals surface area (Å²) >= 11 is 0. The van der Waals surface area contributed by atoms with E-state index < -0.39 is 17.0 Å². The van der Waals surface area contributed by atoms with Gasteiger partial charge in [-0.15, -0.1) is 0 Å². The number of methoxy groups -OCH3 is 1. The van der Waals surface area contributed by atoms with Gasteiger partial charge in [0.2, 0.25) is 5.82 Å². The van der Waals surface area contributed by atoms with Crippen LogP contribution < -0.4 is 5.32 Å². The topological polar surface area (TPSA) is 115 Å². The highest BCUT2D eigenvalue weighted by molar-refractivity contribution is 5.88. The molecule has 0 saturated carbocycles. The van der Waals surface area contributed by atoms with E-state index in [4.69, 9.17) is 0 Å². The SMILES string of the molecule is COC(=O)c1ccc([N+](=O)[O-])c(NC(C)CC(C)O)n1. The molecule has 0 aromatic carbocycles. The summed E-state index contributed by atoms with van der Waals surface area (Å²) in [4.78, 5) is 25.6. The van der Waals surface area contributed by atoms with Crippen LogP contribution in [0.15, 0.2) is 12.1 Å². The van der Waals surface area contributed by atoms with Gasteiger partial charge in [0.1, 0.15) is 0 Å². The molecule has 110 valence electrons. The van der Waals surface area contributed by atoms with Crippen LogP contribution in [0.25, 0.3) is 0 Å². The molecule has 0 bridgehead atoms. The molecule has 1 aromatic rings. The number of carbonyl (C=O) groups is 1. The first-order valence-corrected chi connectivity index (χ1v) is 6.03. The Kier molecular flexibility index (Phi) is 5.39. The third-order valence-corrected chi connectivity index (χ3v) is 2.54. The van der Waals surface area contributed by atoms with Crippen LogP contribution in [0.1, 0.15) is 30.8 Å². The summed E-state index contributed by atoms with van der Waals surface area (Å²) in [5.41, 5.74) is -0.264. The number of nitrogens with zero attached hydrogens (tertiary/aromatic N) is 2. The largest absolute Gasteiger partial charge is 0.464 e. The number of carbonyl (C=O) groups excluding carboxylic acids is 1. The average molecular weight is 283 g/mol. The van der Waals surface area contributed by atoms with Gasteiger partial charge in [-0.3, -0.25) is 10.1 Å². The highest BCUT2D eigenvalue weighted by atomic mass is 16.6. The molecule has 0 radical (unpaired) electrons. The van der Waals surface area contributed by atoms with Crippen LogP contribution in [0.4, 0.5) is 11.5 Å². The van der Waals surface area contributed by atoms with Crippen molar-refractivity contribution in [3.05, 3.63) is 27.9 Å². The molecular weight excluding hydrogens is 266 g/mol. The molecule has 20 heavy (non-hydrogen) atoms. The van der Waals surface area contributed by atoms with Gasteiger partial charge in [0.15, 0.2) is 5.69 Å². The summed E-state index contributed by atoms with van der Waals surface area (Å²) in [6.07, 6.45) is -0.165. The summed E-state index contributed by atoms with van der Waals surface area (Å²) in [5, 5.41) is 23.0. The molecular formula is C12H17N3O5. The van der Waals surface area contributed by atoms with E-state index in [0.29, 0.717) is 6.42 Å². The van der Waals surface area contributed by atoms with Crippen molar-refractivity contribution in [1.82, 2.24) is 4.98 Å². The molecule has 0 amide bonds. The highest BCUT2D eigenvalue weighted by Crippen LogP contribution is 2.23. The molecule has 0 aliphatic heterocycles. The minimum atomic E-state index is -0.675. The van der Waals surface area contributed by atoms with Crippen molar-refractivity contribution in [1.29, 1.82) is 0 Å². The minimum Gasteiger partial charge on any atom is -0.464 e. The van der Waals surface area contributed by atoms with Gasteiger partial charge >= 0.3 is 11.7 Å². The minimum absolute atomic E-state index is 0.0222. The number of aromatic nitrogens is 1. The molecule has 2 N–H and O–H groups in total. The van der Waals surface area contributed by atoms with Gasteiger partial charge in [-0.2, -0.15) is 0 Å². The Hall–Kier alpha value is -2.22. The van der Waals surface area contributed by atoms with E-state index >= 15 is 0 Å². The van der Waals surface area contributed by atoms with Crippen LogP contribution in [0.2, 0.25) is 0 Å². The number of anilines is 1. The van der Waals surface area contributed by atoms with E-state index in [1.54, 1.807) is 13.8 Å². The number of nitrogens with one attached hydrogen (secondary N) is 1. The number of rotatable bonds is 6. The quantitative estimate of drug-likeness (QED) is 0.460. The molecule has 0 saturated heterocycles. The third-order valence-electron chi connectivity index (χ3n) is 2.54. The van der Waals surface area contributed by atoms with Gasteiger partial charge in [-0.1, -0.05) is 0 Å². The molecule has 0 aliphatic carbocycles. The first-order valence-electron chi connectivity index (χ1n) is 6.03. The lowest BCUT2D eigenvalue weighted by Crippen LogP contribution is -2.22. The van der Waals surface area contributed by atoms with Crippen molar-refractivity contribution in [2.75, 3.05) is 12.4 Å². The molecule has 0 spiro atoms. The van der Waals surface area contributed by atoms with Crippen LogP contribution in [0.3, 0.4) is 0 Å². The fraction of sp³-hybridized carbons (Fsp3) is 0.500. The van der Waals surface area contributed by atoms with Crippen LogP contribution in [-0.4, -0.2) is 40.2 Å². The lowest BCUT2D eigenvalue weighted by molar-refractivity contribution is -0.384. The maximum absolute atomic E-state index is 11.4.